The molecule has 1 heterocycles. The lowest BCUT2D eigenvalue weighted by atomic mass is 10.1. The Labute approximate surface area is 123 Å². The second kappa shape index (κ2) is 5.83. The van der Waals surface area contributed by atoms with Gasteiger partial charge in [0.25, 0.3) is 5.91 Å². The zero-order chi connectivity index (χ0) is 14.7. The minimum atomic E-state index is -1.14. The summed E-state index contributed by atoms with van der Waals surface area (Å²) in [5.41, 5.74) is 1.19. The van der Waals surface area contributed by atoms with Crippen LogP contribution in [0.5, 0.6) is 0 Å². The van der Waals surface area contributed by atoms with E-state index in [0.29, 0.717) is 5.56 Å². The maximum Gasteiger partial charge on any atom is 0.354 e. The van der Waals surface area contributed by atoms with E-state index in [2.05, 4.69) is 26.2 Å². The zero-order valence-electron chi connectivity index (χ0n) is 10.6. The van der Waals surface area contributed by atoms with Crippen LogP contribution >= 0.6 is 15.9 Å². The number of nitrogens with one attached hydrogen (secondary N) is 1. The first-order valence-corrected chi connectivity index (χ1v) is 6.55. The lowest BCUT2D eigenvalue weighted by molar-refractivity contribution is 0.0690. The molecule has 0 bridgehead atoms. The van der Waals surface area contributed by atoms with E-state index in [0.717, 1.165) is 10.0 Å². The molecule has 2 aromatic rings. The van der Waals surface area contributed by atoms with Gasteiger partial charge in [0.15, 0.2) is 5.69 Å². The summed E-state index contributed by atoms with van der Waals surface area (Å²) in [6, 6.07) is 9.72. The van der Waals surface area contributed by atoms with Gasteiger partial charge >= 0.3 is 5.97 Å². The number of carboxylic acid groups (broad SMARTS) is 1. The Morgan fingerprint density at radius 3 is 2.60 bits per heavy atom. The van der Waals surface area contributed by atoms with Crippen molar-refractivity contribution in [2.75, 3.05) is 5.32 Å². The molecule has 0 aliphatic heterocycles. The van der Waals surface area contributed by atoms with Gasteiger partial charge in [0, 0.05) is 10.0 Å². The number of nitrogens with zero attached hydrogens (tertiary/aromatic N) is 1. The fourth-order valence-electron chi connectivity index (χ4n) is 1.66. The van der Waals surface area contributed by atoms with E-state index in [1.54, 1.807) is 12.1 Å². The first-order chi connectivity index (χ1) is 9.49. The second-order valence-electron chi connectivity index (χ2n) is 4.08. The van der Waals surface area contributed by atoms with Crippen LogP contribution in [0.3, 0.4) is 0 Å². The molecular formula is C14H11BrN2O3. The van der Waals surface area contributed by atoms with E-state index in [9.17, 15) is 9.59 Å². The van der Waals surface area contributed by atoms with Gasteiger partial charge in [-0.25, -0.2) is 9.78 Å². The van der Waals surface area contributed by atoms with Crippen LogP contribution in [0, 0.1) is 6.92 Å². The molecule has 0 spiro atoms. The summed E-state index contributed by atoms with van der Waals surface area (Å²) in [4.78, 5) is 26.8. The van der Waals surface area contributed by atoms with Gasteiger partial charge in [-0.3, -0.25) is 4.79 Å². The number of pyridine rings is 1. The quantitative estimate of drug-likeness (QED) is 0.903. The summed E-state index contributed by atoms with van der Waals surface area (Å²) in [6.45, 7) is 1.82. The van der Waals surface area contributed by atoms with Crippen molar-refractivity contribution in [3.63, 3.8) is 0 Å². The minimum Gasteiger partial charge on any atom is -0.477 e. The van der Waals surface area contributed by atoms with Gasteiger partial charge in [0.05, 0.1) is 0 Å². The van der Waals surface area contributed by atoms with Crippen molar-refractivity contribution in [3.05, 3.63) is 57.7 Å². The summed E-state index contributed by atoms with van der Waals surface area (Å²) in [5, 5.41) is 11.4. The molecule has 1 amide bonds. The van der Waals surface area contributed by atoms with Crippen LogP contribution in [0.2, 0.25) is 0 Å². The first kappa shape index (κ1) is 14.2. The number of carboxylic acids is 1. The summed E-state index contributed by atoms with van der Waals surface area (Å²) in [7, 11) is 0. The van der Waals surface area contributed by atoms with E-state index in [-0.39, 0.29) is 17.4 Å². The lowest BCUT2D eigenvalue weighted by Crippen LogP contribution is -2.15. The van der Waals surface area contributed by atoms with Crippen LogP contribution < -0.4 is 5.32 Å². The van der Waals surface area contributed by atoms with Crippen molar-refractivity contribution in [1.29, 1.82) is 0 Å². The third-order valence-corrected chi connectivity index (χ3v) is 3.58. The van der Waals surface area contributed by atoms with E-state index in [4.69, 9.17) is 5.11 Å². The second-order valence-corrected chi connectivity index (χ2v) is 4.93. The van der Waals surface area contributed by atoms with Crippen LogP contribution in [0.15, 0.2) is 40.9 Å². The molecular weight excluding hydrogens is 324 g/mol. The molecule has 0 unspecified atom stereocenters. The summed E-state index contributed by atoms with van der Waals surface area (Å²) in [6.07, 6.45) is 0. The molecule has 2 N–H and O–H groups in total. The number of hydrogen-bond acceptors (Lipinski definition) is 3. The summed E-state index contributed by atoms with van der Waals surface area (Å²) >= 11 is 3.36. The smallest absolute Gasteiger partial charge is 0.354 e. The number of rotatable bonds is 3. The van der Waals surface area contributed by atoms with E-state index in [1.807, 2.05) is 13.0 Å². The van der Waals surface area contributed by atoms with Crippen LogP contribution in [-0.2, 0) is 0 Å². The van der Waals surface area contributed by atoms with Gasteiger partial charge in [-0.15, -0.1) is 0 Å². The fourth-order valence-corrected chi connectivity index (χ4v) is 2.03. The SMILES string of the molecule is Cc1c(Br)cccc1C(=O)Nc1cccc(C(=O)O)n1. The number of amides is 1. The molecule has 102 valence electrons. The highest BCUT2D eigenvalue weighted by atomic mass is 79.9. The molecule has 6 heteroatoms. The molecule has 1 aromatic heterocycles. The number of hydrogen-bond donors (Lipinski definition) is 2. The molecule has 0 atom stereocenters. The van der Waals surface area contributed by atoms with E-state index >= 15 is 0 Å². The van der Waals surface area contributed by atoms with Crippen molar-refractivity contribution in [2.24, 2.45) is 0 Å². The highest BCUT2D eigenvalue weighted by molar-refractivity contribution is 9.10. The maximum atomic E-state index is 12.1. The number of aromatic nitrogens is 1. The molecule has 5 nitrogen and oxygen atoms in total. The minimum absolute atomic E-state index is 0.117. The fraction of sp³-hybridized carbons (Fsp3) is 0.0714. The summed E-state index contributed by atoms with van der Waals surface area (Å²) < 4.78 is 0.831. The third-order valence-electron chi connectivity index (χ3n) is 2.72. The molecule has 0 saturated carbocycles. The van der Waals surface area contributed by atoms with Gasteiger partial charge in [-0.2, -0.15) is 0 Å². The normalized spacial score (nSPS) is 10.1. The highest BCUT2D eigenvalue weighted by Crippen LogP contribution is 2.20. The molecule has 0 aliphatic carbocycles. The van der Waals surface area contributed by atoms with Crippen LogP contribution in [0.25, 0.3) is 0 Å². The summed E-state index contributed by atoms with van der Waals surface area (Å²) in [5.74, 6) is -1.27. The van der Waals surface area contributed by atoms with Gasteiger partial charge in [0.2, 0.25) is 0 Å². The number of benzene rings is 1. The van der Waals surface area contributed by atoms with Crippen molar-refractivity contribution in [1.82, 2.24) is 4.98 Å². The first-order valence-electron chi connectivity index (χ1n) is 5.76. The largest absolute Gasteiger partial charge is 0.477 e. The van der Waals surface area contributed by atoms with Crippen LogP contribution in [-0.4, -0.2) is 22.0 Å². The predicted octanol–water partition coefficient (Wildman–Crippen LogP) is 3.10. The number of aromatic carboxylic acids is 1. The highest BCUT2D eigenvalue weighted by Gasteiger charge is 2.12. The van der Waals surface area contributed by atoms with E-state index in [1.165, 1.54) is 18.2 Å². The standard InChI is InChI=1S/C14H11BrN2O3/c1-8-9(4-2-5-10(8)15)13(18)17-12-7-3-6-11(16-12)14(19)20/h2-7H,1H3,(H,19,20)(H,16,17,18). The van der Waals surface area contributed by atoms with Gasteiger partial charge in [-0.1, -0.05) is 28.1 Å². The van der Waals surface area contributed by atoms with Crippen molar-refractivity contribution in [3.8, 4) is 0 Å². The average molecular weight is 335 g/mol. The van der Waals surface area contributed by atoms with E-state index < -0.39 is 5.97 Å². The Morgan fingerprint density at radius 2 is 1.90 bits per heavy atom. The molecule has 2 rings (SSSR count). The van der Waals surface area contributed by atoms with Gasteiger partial charge in [0.1, 0.15) is 5.82 Å². The molecule has 1 aromatic carbocycles. The Balaban J connectivity index is 2.26. The van der Waals surface area contributed by atoms with Crippen LogP contribution in [0.1, 0.15) is 26.4 Å². The lowest BCUT2D eigenvalue weighted by Gasteiger charge is -2.08. The van der Waals surface area contributed by atoms with Crippen LogP contribution in [0.4, 0.5) is 5.82 Å². The number of carbonyl (C=O) groups is 2. The molecule has 0 saturated heterocycles. The molecule has 20 heavy (non-hydrogen) atoms. The Hall–Kier alpha value is -2.21. The predicted molar refractivity (Wildman–Crippen MR) is 78.0 cm³/mol. The molecule has 0 fully saturated rings. The Morgan fingerprint density at radius 1 is 1.20 bits per heavy atom. The topological polar surface area (TPSA) is 79.3 Å². The maximum absolute atomic E-state index is 12.1. The third kappa shape index (κ3) is 3.03. The molecule has 0 radical (unpaired) electrons. The number of anilines is 1. The van der Waals surface area contributed by atoms with Gasteiger partial charge < -0.3 is 10.4 Å². The average Bonchev–Trinajstić information content (AvgIpc) is 2.42. The number of carbonyl (C=O) groups excluding carboxylic acids is 1. The number of halogens is 1. The van der Waals surface area contributed by atoms with Gasteiger partial charge in [-0.05, 0) is 36.8 Å². The zero-order valence-corrected chi connectivity index (χ0v) is 12.1. The van der Waals surface area contributed by atoms with Crippen molar-refractivity contribution in [2.45, 2.75) is 6.92 Å². The van der Waals surface area contributed by atoms with Crippen molar-refractivity contribution >= 4 is 33.6 Å². The monoisotopic (exact) mass is 334 g/mol. The Bertz CT molecular complexity index is 686. The molecule has 0 aliphatic rings. The van der Waals surface area contributed by atoms with Crippen molar-refractivity contribution < 1.29 is 14.7 Å². The Kier molecular flexibility index (Phi) is 4.14.